The smallest absolute Gasteiger partial charge is 0.338 e. The monoisotopic (exact) mass is 357 g/mol. The van der Waals surface area contributed by atoms with Crippen LogP contribution in [0, 0.1) is 0 Å². The van der Waals surface area contributed by atoms with Crippen LogP contribution < -0.4 is 9.47 Å². The van der Waals surface area contributed by atoms with Gasteiger partial charge in [-0.15, -0.1) is 0 Å². The Hall–Kier alpha value is -2.79. The first-order valence-corrected chi connectivity index (χ1v) is 7.85. The van der Waals surface area contributed by atoms with Gasteiger partial charge in [0.05, 0.1) is 26.9 Å². The number of rotatable bonds is 4. The van der Waals surface area contributed by atoms with Crippen LogP contribution in [-0.4, -0.2) is 32.3 Å². The van der Waals surface area contributed by atoms with Gasteiger partial charge in [0, 0.05) is 11.8 Å². The van der Waals surface area contributed by atoms with E-state index < -0.39 is 5.97 Å². The van der Waals surface area contributed by atoms with Crippen LogP contribution in [0.4, 0.5) is 0 Å². The lowest BCUT2D eigenvalue weighted by molar-refractivity contribution is 0.0602. The summed E-state index contributed by atoms with van der Waals surface area (Å²) in [5.74, 6) is 0.748. The molecule has 0 unspecified atom stereocenters. The molecule has 0 fully saturated rings. The van der Waals surface area contributed by atoms with Gasteiger partial charge < -0.3 is 14.2 Å². The minimum Gasteiger partial charge on any atom is -0.493 e. The number of hydrogen-bond acceptors (Lipinski definition) is 5. The van der Waals surface area contributed by atoms with Gasteiger partial charge in [0.2, 0.25) is 0 Å². The summed E-state index contributed by atoms with van der Waals surface area (Å²) in [5.41, 5.74) is 1.90. The molecule has 1 heterocycles. The Morgan fingerprint density at radius 3 is 2.36 bits per heavy atom. The van der Waals surface area contributed by atoms with Gasteiger partial charge in [0.1, 0.15) is 5.15 Å². The number of carbonyl (C=O) groups is 1. The number of fused-ring (bicyclic) bond motifs is 1. The van der Waals surface area contributed by atoms with E-state index in [0.717, 1.165) is 16.3 Å². The summed E-state index contributed by atoms with van der Waals surface area (Å²) in [7, 11) is 4.50. The van der Waals surface area contributed by atoms with Crippen LogP contribution >= 0.6 is 11.6 Å². The fraction of sp³-hybridized carbons (Fsp3) is 0.158. The van der Waals surface area contributed by atoms with Crippen LogP contribution in [0.1, 0.15) is 10.4 Å². The molecule has 1 aromatic heterocycles. The van der Waals surface area contributed by atoms with Crippen molar-refractivity contribution in [3.63, 3.8) is 0 Å². The van der Waals surface area contributed by atoms with E-state index in [2.05, 4.69) is 4.98 Å². The molecule has 3 rings (SSSR count). The summed E-state index contributed by atoms with van der Waals surface area (Å²) in [4.78, 5) is 16.3. The first-order chi connectivity index (χ1) is 12.1. The lowest BCUT2D eigenvalue weighted by Gasteiger charge is -2.15. The van der Waals surface area contributed by atoms with Gasteiger partial charge in [0.15, 0.2) is 11.5 Å². The first-order valence-electron chi connectivity index (χ1n) is 7.48. The quantitative estimate of drug-likeness (QED) is 0.513. The highest BCUT2D eigenvalue weighted by Crippen LogP contribution is 2.39. The molecule has 128 valence electrons. The molecule has 0 N–H and O–H groups in total. The number of ether oxygens (including phenoxy) is 3. The van der Waals surface area contributed by atoms with Gasteiger partial charge in [-0.1, -0.05) is 17.7 Å². The van der Waals surface area contributed by atoms with Crippen molar-refractivity contribution in [3.05, 3.63) is 53.3 Å². The van der Waals surface area contributed by atoms with Crippen molar-refractivity contribution >= 4 is 28.3 Å². The maximum absolute atomic E-state index is 12.3. The topological polar surface area (TPSA) is 57.7 Å². The van der Waals surface area contributed by atoms with Crippen LogP contribution in [0.25, 0.3) is 21.9 Å². The fourth-order valence-electron chi connectivity index (χ4n) is 2.80. The molecule has 2 aromatic carbocycles. The Labute approximate surface area is 150 Å². The zero-order valence-corrected chi connectivity index (χ0v) is 14.8. The maximum atomic E-state index is 12.3. The van der Waals surface area contributed by atoms with E-state index in [1.54, 1.807) is 38.6 Å². The molecule has 0 radical (unpaired) electrons. The minimum absolute atomic E-state index is 0.339. The Morgan fingerprint density at radius 1 is 1.00 bits per heavy atom. The molecule has 6 heteroatoms. The second-order valence-corrected chi connectivity index (χ2v) is 5.66. The van der Waals surface area contributed by atoms with Gasteiger partial charge in [0.25, 0.3) is 0 Å². The van der Waals surface area contributed by atoms with E-state index in [1.165, 1.54) is 7.11 Å². The minimum atomic E-state index is -0.431. The number of aromatic nitrogens is 1. The van der Waals surface area contributed by atoms with E-state index >= 15 is 0 Å². The normalized spacial score (nSPS) is 10.6. The largest absolute Gasteiger partial charge is 0.493 e. The number of methoxy groups -OCH3 is 3. The van der Waals surface area contributed by atoms with Gasteiger partial charge in [-0.05, 0) is 46.7 Å². The Bertz CT molecular complexity index is 956. The molecule has 0 aliphatic carbocycles. The molecule has 3 aromatic rings. The van der Waals surface area contributed by atoms with Crippen molar-refractivity contribution in [1.82, 2.24) is 4.98 Å². The number of nitrogens with zero attached hydrogens (tertiary/aromatic N) is 1. The molecule has 0 amide bonds. The number of esters is 1. The number of pyridine rings is 1. The fourth-order valence-corrected chi connectivity index (χ4v) is 2.97. The van der Waals surface area contributed by atoms with Crippen molar-refractivity contribution in [3.8, 4) is 22.6 Å². The zero-order chi connectivity index (χ0) is 18.0. The SMILES string of the molecule is COC(=O)c1ccc2cc(OC)c(OC)cc2c1-c1ccnc(Cl)c1. The first kappa shape index (κ1) is 17.0. The lowest BCUT2D eigenvalue weighted by Crippen LogP contribution is -2.04. The van der Waals surface area contributed by atoms with Gasteiger partial charge >= 0.3 is 5.97 Å². The molecule has 0 atom stereocenters. The van der Waals surface area contributed by atoms with Crippen molar-refractivity contribution in [2.24, 2.45) is 0 Å². The summed E-state index contributed by atoms with van der Waals surface area (Å²) in [5, 5.41) is 2.06. The molecule has 0 saturated carbocycles. The third-order valence-electron chi connectivity index (χ3n) is 3.94. The van der Waals surface area contributed by atoms with E-state index in [4.69, 9.17) is 25.8 Å². The predicted molar refractivity (Wildman–Crippen MR) is 96.6 cm³/mol. The third-order valence-corrected chi connectivity index (χ3v) is 4.15. The van der Waals surface area contributed by atoms with Crippen molar-refractivity contribution in [2.45, 2.75) is 0 Å². The van der Waals surface area contributed by atoms with Crippen molar-refractivity contribution < 1.29 is 19.0 Å². The Morgan fingerprint density at radius 2 is 1.72 bits per heavy atom. The second-order valence-electron chi connectivity index (χ2n) is 5.28. The number of hydrogen-bond donors (Lipinski definition) is 0. The highest BCUT2D eigenvalue weighted by molar-refractivity contribution is 6.29. The van der Waals surface area contributed by atoms with Crippen LogP contribution in [-0.2, 0) is 4.74 Å². The Kier molecular flexibility index (Phi) is 4.76. The van der Waals surface area contributed by atoms with Crippen LogP contribution in [0.2, 0.25) is 5.15 Å². The second kappa shape index (κ2) is 6.99. The summed E-state index contributed by atoms with van der Waals surface area (Å²) >= 11 is 6.05. The third kappa shape index (κ3) is 3.10. The van der Waals surface area contributed by atoms with Gasteiger partial charge in [-0.25, -0.2) is 9.78 Å². The average Bonchev–Trinajstić information content (AvgIpc) is 2.65. The number of carbonyl (C=O) groups excluding carboxylic acids is 1. The molecule has 25 heavy (non-hydrogen) atoms. The molecular weight excluding hydrogens is 342 g/mol. The van der Waals surface area contributed by atoms with Crippen LogP contribution in [0.15, 0.2) is 42.6 Å². The molecule has 0 saturated heterocycles. The van der Waals surface area contributed by atoms with Gasteiger partial charge in [-0.3, -0.25) is 0 Å². The summed E-state index contributed by atoms with van der Waals surface area (Å²) in [6.45, 7) is 0. The van der Waals surface area contributed by atoms with Crippen LogP contribution in [0.5, 0.6) is 11.5 Å². The van der Waals surface area contributed by atoms with Crippen molar-refractivity contribution in [2.75, 3.05) is 21.3 Å². The molecule has 0 bridgehead atoms. The summed E-state index contributed by atoms with van der Waals surface area (Å²) < 4.78 is 15.7. The van der Waals surface area contributed by atoms with E-state index in [9.17, 15) is 4.79 Å². The summed E-state index contributed by atoms with van der Waals surface area (Å²) in [6, 6.07) is 10.8. The summed E-state index contributed by atoms with van der Waals surface area (Å²) in [6.07, 6.45) is 1.60. The van der Waals surface area contributed by atoms with Crippen molar-refractivity contribution in [1.29, 1.82) is 0 Å². The van der Waals surface area contributed by atoms with E-state index in [-0.39, 0.29) is 0 Å². The molecule has 0 aliphatic heterocycles. The predicted octanol–water partition coefficient (Wildman–Crippen LogP) is 4.36. The van der Waals surface area contributed by atoms with Crippen LogP contribution in [0.3, 0.4) is 0 Å². The maximum Gasteiger partial charge on any atom is 0.338 e. The molecule has 5 nitrogen and oxygen atoms in total. The zero-order valence-electron chi connectivity index (χ0n) is 14.0. The Balaban J connectivity index is 2.41. The number of halogens is 1. The standard InChI is InChI=1S/C19H16ClNO4/c1-23-15-8-11-4-5-13(19(22)25-3)18(14(11)10-16(15)24-2)12-6-7-21-17(20)9-12/h4-10H,1-3H3. The molecular formula is C19H16ClNO4. The number of benzene rings is 2. The van der Waals surface area contributed by atoms with E-state index in [1.807, 2.05) is 18.2 Å². The highest BCUT2D eigenvalue weighted by Gasteiger charge is 2.19. The molecule has 0 aliphatic rings. The van der Waals surface area contributed by atoms with Gasteiger partial charge in [-0.2, -0.15) is 0 Å². The average molecular weight is 358 g/mol. The van der Waals surface area contributed by atoms with E-state index in [0.29, 0.717) is 27.8 Å². The highest BCUT2D eigenvalue weighted by atomic mass is 35.5. The lowest BCUT2D eigenvalue weighted by atomic mass is 9.93. The molecule has 0 spiro atoms.